The number of hydrogen-bond acceptors (Lipinski definition) is 6. The van der Waals surface area contributed by atoms with E-state index < -0.39 is 16.0 Å². The van der Waals surface area contributed by atoms with Crippen molar-refractivity contribution in [2.75, 3.05) is 13.7 Å². The van der Waals surface area contributed by atoms with Gasteiger partial charge in [0.15, 0.2) is 11.5 Å². The van der Waals surface area contributed by atoms with Crippen molar-refractivity contribution in [3.05, 3.63) is 57.9 Å². The highest BCUT2D eigenvalue weighted by Crippen LogP contribution is 2.22. The van der Waals surface area contributed by atoms with Crippen LogP contribution < -0.4 is 4.72 Å². The minimum atomic E-state index is -3.82. The Bertz CT molecular complexity index is 1150. The summed E-state index contributed by atoms with van der Waals surface area (Å²) in [5.74, 6) is -0.182. The summed E-state index contributed by atoms with van der Waals surface area (Å²) in [6.45, 7) is 3.57. The number of ether oxygens (including phenoxy) is 1. The average Bonchev–Trinajstić information content (AvgIpc) is 3.04. The molecule has 7 nitrogen and oxygen atoms in total. The van der Waals surface area contributed by atoms with Crippen molar-refractivity contribution in [3.8, 4) is 0 Å². The molecule has 28 heavy (non-hydrogen) atoms. The van der Waals surface area contributed by atoms with Crippen molar-refractivity contribution in [2.45, 2.75) is 25.2 Å². The number of hydrogen-bond donors (Lipinski definition) is 1. The normalized spacial score (nSPS) is 11.7. The molecule has 0 aliphatic heterocycles. The van der Waals surface area contributed by atoms with Crippen molar-refractivity contribution >= 4 is 38.7 Å². The highest BCUT2D eigenvalue weighted by Gasteiger charge is 2.20. The summed E-state index contributed by atoms with van der Waals surface area (Å²) in [5, 5.41) is 0.546. The lowest BCUT2D eigenvalue weighted by Crippen LogP contribution is -2.26. The number of sulfonamides is 1. The maximum atomic E-state index is 12.6. The molecule has 1 heterocycles. The topological polar surface area (TPSA) is 98.5 Å². The second-order valence-electron chi connectivity index (χ2n) is 6.27. The average molecular weight is 423 g/mol. The first-order valence-corrected chi connectivity index (χ1v) is 10.3. The summed E-state index contributed by atoms with van der Waals surface area (Å²) in [6.07, 6.45) is 0.264. The zero-order chi connectivity index (χ0) is 20.5. The number of methoxy groups -OCH3 is 1. The van der Waals surface area contributed by atoms with Gasteiger partial charge in [0, 0.05) is 18.0 Å². The minimum absolute atomic E-state index is 0.000321. The number of oxazole rings is 1. The molecule has 3 aromatic rings. The third-order valence-corrected chi connectivity index (χ3v) is 6.06. The lowest BCUT2D eigenvalue weighted by atomic mass is 10.0. The summed E-state index contributed by atoms with van der Waals surface area (Å²) in [5.41, 5.74) is 2.77. The monoisotopic (exact) mass is 422 g/mol. The highest BCUT2D eigenvalue weighted by atomic mass is 35.5. The predicted octanol–water partition coefficient (Wildman–Crippen LogP) is 3.41. The van der Waals surface area contributed by atoms with Crippen molar-refractivity contribution in [2.24, 2.45) is 0 Å². The zero-order valence-corrected chi connectivity index (χ0v) is 17.1. The molecule has 0 radical (unpaired) electrons. The van der Waals surface area contributed by atoms with Crippen molar-refractivity contribution < 1.29 is 22.4 Å². The number of nitrogens with zero attached hydrogens (tertiary/aromatic N) is 1. The molecule has 3 rings (SSSR count). The van der Waals surface area contributed by atoms with Crippen LogP contribution in [-0.2, 0) is 21.2 Å². The molecule has 0 bridgehead atoms. The van der Waals surface area contributed by atoms with E-state index in [9.17, 15) is 13.2 Å². The third-order valence-electron chi connectivity index (χ3n) is 4.38. The number of carbonyl (C=O) groups excluding carboxylic acids is 1. The third kappa shape index (κ3) is 4.19. The second kappa shape index (κ2) is 7.90. The molecule has 1 aromatic heterocycles. The summed E-state index contributed by atoms with van der Waals surface area (Å²) in [4.78, 5) is 16.2. The van der Waals surface area contributed by atoms with Crippen LogP contribution in [0.2, 0.25) is 5.02 Å². The van der Waals surface area contributed by atoms with Crippen molar-refractivity contribution in [1.82, 2.24) is 9.71 Å². The van der Waals surface area contributed by atoms with E-state index in [-0.39, 0.29) is 23.4 Å². The van der Waals surface area contributed by atoms with Gasteiger partial charge in [-0.25, -0.2) is 22.9 Å². The van der Waals surface area contributed by atoms with Crippen LogP contribution in [-0.4, -0.2) is 33.0 Å². The highest BCUT2D eigenvalue weighted by molar-refractivity contribution is 7.89. The molecule has 0 aliphatic rings. The fraction of sp³-hybridized carbons (Fsp3) is 0.263. The largest absolute Gasteiger partial charge is 0.465 e. The molecule has 0 amide bonds. The van der Waals surface area contributed by atoms with Gasteiger partial charge in [-0.3, -0.25) is 0 Å². The molecule has 0 fully saturated rings. The van der Waals surface area contributed by atoms with E-state index in [1.54, 1.807) is 32.0 Å². The molecule has 0 unspecified atom stereocenters. The molecule has 0 spiro atoms. The Balaban J connectivity index is 1.76. The fourth-order valence-corrected chi connectivity index (χ4v) is 4.04. The number of benzene rings is 2. The Kier molecular flexibility index (Phi) is 5.74. The van der Waals surface area contributed by atoms with Gasteiger partial charge in [0.25, 0.3) is 0 Å². The van der Waals surface area contributed by atoms with Crippen LogP contribution in [0.5, 0.6) is 0 Å². The number of aryl methyl sites for hydroxylation is 1. The molecular formula is C19H19ClN2O5S. The van der Waals surface area contributed by atoms with Crippen LogP contribution in [0.4, 0.5) is 0 Å². The number of esters is 1. The molecule has 2 aromatic carbocycles. The van der Waals surface area contributed by atoms with Crippen molar-refractivity contribution in [3.63, 3.8) is 0 Å². The van der Waals surface area contributed by atoms with Gasteiger partial charge in [-0.05, 0) is 55.3 Å². The van der Waals surface area contributed by atoms with Gasteiger partial charge in [0.2, 0.25) is 10.0 Å². The van der Waals surface area contributed by atoms with E-state index in [0.29, 0.717) is 33.1 Å². The van der Waals surface area contributed by atoms with Crippen LogP contribution in [0.15, 0.2) is 39.6 Å². The molecule has 0 aliphatic carbocycles. The van der Waals surface area contributed by atoms with Crippen LogP contribution in [0.25, 0.3) is 11.1 Å². The van der Waals surface area contributed by atoms with Gasteiger partial charge in [-0.15, -0.1) is 0 Å². The molecule has 0 saturated heterocycles. The second-order valence-corrected chi connectivity index (χ2v) is 8.48. The molecule has 1 N–H and O–H groups in total. The molecule has 0 atom stereocenters. The first kappa shape index (κ1) is 20.3. The van der Waals surface area contributed by atoms with Crippen LogP contribution in [0.3, 0.4) is 0 Å². The van der Waals surface area contributed by atoms with Crippen LogP contribution in [0.1, 0.15) is 27.4 Å². The minimum Gasteiger partial charge on any atom is -0.465 e. The first-order valence-electron chi connectivity index (χ1n) is 8.45. The van der Waals surface area contributed by atoms with Gasteiger partial charge in [0.1, 0.15) is 5.52 Å². The predicted molar refractivity (Wildman–Crippen MR) is 105 cm³/mol. The number of fused-ring (bicyclic) bond motifs is 1. The number of aromatic nitrogens is 1. The van der Waals surface area contributed by atoms with Gasteiger partial charge in [-0.2, -0.15) is 0 Å². The smallest absolute Gasteiger partial charge is 0.338 e. The maximum absolute atomic E-state index is 12.6. The first-order chi connectivity index (χ1) is 13.2. The van der Waals surface area contributed by atoms with E-state index in [1.807, 2.05) is 0 Å². The summed E-state index contributed by atoms with van der Waals surface area (Å²) in [7, 11) is -2.57. The Morgan fingerprint density at radius 2 is 2.00 bits per heavy atom. The Hall–Kier alpha value is -2.42. The SMILES string of the molecule is COC(=O)c1cc(S(=O)(=O)NCCc2nc3cc(Cl)ccc3o2)cc(C)c1C. The molecular weight excluding hydrogens is 404 g/mol. The standard InChI is InChI=1S/C19H19ClN2O5S/c1-11-8-14(10-15(12(11)2)19(23)26-3)28(24,25)21-7-6-18-22-16-9-13(20)4-5-17(16)27-18/h4-5,8-10,21H,6-7H2,1-3H3. The summed E-state index contributed by atoms with van der Waals surface area (Å²) in [6, 6.07) is 7.92. The Labute approximate surface area is 167 Å². The van der Waals surface area contributed by atoms with E-state index in [0.717, 1.165) is 0 Å². The fourth-order valence-electron chi connectivity index (χ4n) is 2.73. The van der Waals surface area contributed by atoms with Crippen molar-refractivity contribution in [1.29, 1.82) is 0 Å². The van der Waals surface area contributed by atoms with E-state index in [1.165, 1.54) is 19.2 Å². The van der Waals surface area contributed by atoms with E-state index in [2.05, 4.69) is 9.71 Å². The van der Waals surface area contributed by atoms with Crippen LogP contribution >= 0.6 is 11.6 Å². The number of rotatable bonds is 6. The Morgan fingerprint density at radius 1 is 1.25 bits per heavy atom. The number of halogens is 1. The van der Waals surface area contributed by atoms with Gasteiger partial charge in [-0.1, -0.05) is 11.6 Å². The maximum Gasteiger partial charge on any atom is 0.338 e. The van der Waals surface area contributed by atoms with E-state index >= 15 is 0 Å². The summed E-state index contributed by atoms with van der Waals surface area (Å²) >= 11 is 5.92. The lowest BCUT2D eigenvalue weighted by Gasteiger charge is -2.12. The molecule has 148 valence electrons. The molecule has 9 heteroatoms. The van der Waals surface area contributed by atoms with Gasteiger partial charge in [0.05, 0.1) is 17.6 Å². The molecule has 0 saturated carbocycles. The zero-order valence-electron chi connectivity index (χ0n) is 15.6. The number of nitrogens with one attached hydrogen (secondary N) is 1. The number of carbonyl (C=O) groups is 1. The van der Waals surface area contributed by atoms with Crippen LogP contribution in [0, 0.1) is 13.8 Å². The van der Waals surface area contributed by atoms with E-state index in [4.69, 9.17) is 20.8 Å². The quantitative estimate of drug-likeness (QED) is 0.611. The summed E-state index contributed by atoms with van der Waals surface area (Å²) < 4.78 is 38.1. The Morgan fingerprint density at radius 3 is 2.71 bits per heavy atom. The van der Waals surface area contributed by atoms with Gasteiger partial charge >= 0.3 is 5.97 Å². The lowest BCUT2D eigenvalue weighted by molar-refractivity contribution is 0.0599. The van der Waals surface area contributed by atoms with Gasteiger partial charge < -0.3 is 9.15 Å².